The molecule has 0 aliphatic heterocycles. The molecule has 0 aromatic carbocycles. The van der Waals surface area contributed by atoms with Crippen molar-refractivity contribution in [3.05, 3.63) is 0 Å². The van der Waals surface area contributed by atoms with E-state index >= 15 is 0 Å². The second-order valence-electron chi connectivity index (χ2n) is 8.81. The van der Waals surface area contributed by atoms with Crippen molar-refractivity contribution in [2.24, 2.45) is 33.8 Å². The Kier molecular flexibility index (Phi) is 16.4. The molecule has 14 heteroatoms. The second kappa shape index (κ2) is 18.1. The van der Waals surface area contributed by atoms with E-state index < -0.39 is 47.9 Å². The number of unbranched alkanes of at least 4 members (excludes halogenated alkanes) is 1. The van der Waals surface area contributed by atoms with Crippen LogP contribution in [0.3, 0.4) is 0 Å². The van der Waals surface area contributed by atoms with Gasteiger partial charge in [-0.3, -0.25) is 24.2 Å². The number of carbonyl (C=O) groups is 5. The van der Waals surface area contributed by atoms with Gasteiger partial charge in [0.2, 0.25) is 17.7 Å². The lowest BCUT2D eigenvalue weighted by molar-refractivity contribution is -0.137. The van der Waals surface area contributed by atoms with Crippen LogP contribution >= 0.6 is 0 Å². The molecule has 3 amide bonds. The number of guanidine groups is 1. The number of amides is 3. The summed E-state index contributed by atoms with van der Waals surface area (Å²) in [5.74, 6) is -3.24. The highest BCUT2D eigenvalue weighted by Gasteiger charge is 2.30. The normalized spacial score (nSPS) is 14.1. The molecule has 14 nitrogen and oxygen atoms in total. The Balaban J connectivity index is 5.26. The van der Waals surface area contributed by atoms with Gasteiger partial charge in [-0.2, -0.15) is 0 Å². The highest BCUT2D eigenvalue weighted by Crippen LogP contribution is 2.08. The van der Waals surface area contributed by atoms with Gasteiger partial charge in [0.25, 0.3) is 0 Å². The molecule has 206 valence electrons. The number of carbonyl (C=O) groups excluding carboxylic acids is 4. The van der Waals surface area contributed by atoms with Crippen molar-refractivity contribution in [3.8, 4) is 0 Å². The molecule has 12 N–H and O–H groups in total. The van der Waals surface area contributed by atoms with Crippen LogP contribution in [0.5, 0.6) is 0 Å². The Hall–Kier alpha value is -3.26. The molecule has 0 saturated carbocycles. The molecule has 0 saturated heterocycles. The number of carboxylic acid groups (broad SMARTS) is 1. The lowest BCUT2D eigenvalue weighted by atomic mass is 10.0. The van der Waals surface area contributed by atoms with Gasteiger partial charge in [-0.05, 0) is 51.0 Å². The first kappa shape index (κ1) is 32.7. The fourth-order valence-electron chi connectivity index (χ4n) is 3.21. The van der Waals surface area contributed by atoms with E-state index in [9.17, 15) is 24.0 Å². The maximum Gasteiger partial charge on any atom is 0.303 e. The summed E-state index contributed by atoms with van der Waals surface area (Å²) in [6.45, 7) is 4.16. The number of aliphatic carboxylic acids is 1. The predicted octanol–water partition coefficient (Wildman–Crippen LogP) is -2.33. The van der Waals surface area contributed by atoms with Gasteiger partial charge >= 0.3 is 5.97 Å². The van der Waals surface area contributed by atoms with Gasteiger partial charge in [-0.25, -0.2) is 0 Å². The summed E-state index contributed by atoms with van der Waals surface area (Å²) in [6.07, 6.45) is 2.19. The number of nitrogens with zero attached hydrogens (tertiary/aromatic N) is 1. The Morgan fingerprint density at radius 1 is 0.917 bits per heavy atom. The van der Waals surface area contributed by atoms with Gasteiger partial charge in [0.15, 0.2) is 5.96 Å². The van der Waals surface area contributed by atoms with Crippen LogP contribution in [0.1, 0.15) is 58.8 Å². The van der Waals surface area contributed by atoms with E-state index in [0.29, 0.717) is 45.1 Å². The molecule has 0 aliphatic rings. The molecule has 0 unspecified atom stereocenters. The number of nitrogens with one attached hydrogen (secondary N) is 3. The minimum Gasteiger partial charge on any atom is -0.481 e. The summed E-state index contributed by atoms with van der Waals surface area (Å²) in [7, 11) is 0. The minimum absolute atomic E-state index is 0.0593. The molecule has 4 atom stereocenters. The SMILES string of the molecule is CC(C)[C@H](NC(=O)[C@@H](N)CCCN=C(N)N)C(=O)N[C@@H](CCCCN)C(=O)N[C@H](C=O)CCC(=O)O. The van der Waals surface area contributed by atoms with Crippen LogP contribution < -0.4 is 38.9 Å². The monoisotopic (exact) mass is 514 g/mol. The Bertz CT molecular complexity index is 757. The van der Waals surface area contributed by atoms with Gasteiger partial charge in [0.1, 0.15) is 18.4 Å². The highest BCUT2D eigenvalue weighted by molar-refractivity contribution is 5.93. The number of aliphatic imine (C=N–C) groups is 1. The molecule has 0 heterocycles. The summed E-state index contributed by atoms with van der Waals surface area (Å²) < 4.78 is 0. The molecule has 36 heavy (non-hydrogen) atoms. The first-order valence-corrected chi connectivity index (χ1v) is 12.0. The van der Waals surface area contributed by atoms with E-state index in [-0.39, 0.29) is 31.1 Å². The Morgan fingerprint density at radius 3 is 2.11 bits per heavy atom. The zero-order chi connectivity index (χ0) is 27.7. The molecule has 0 fully saturated rings. The number of hydrogen-bond acceptors (Lipinski definition) is 8. The number of nitrogens with two attached hydrogens (primary N) is 4. The molecule has 0 radical (unpaired) electrons. The molecule has 0 aliphatic carbocycles. The van der Waals surface area contributed by atoms with E-state index in [1.54, 1.807) is 13.8 Å². The predicted molar refractivity (Wildman–Crippen MR) is 134 cm³/mol. The molecule has 0 aromatic rings. The maximum absolute atomic E-state index is 13.0. The van der Waals surface area contributed by atoms with Crippen LogP contribution in [-0.4, -0.2) is 78.3 Å². The zero-order valence-corrected chi connectivity index (χ0v) is 21.1. The van der Waals surface area contributed by atoms with Gasteiger partial charge in [0.05, 0.1) is 12.1 Å². The number of hydrogen-bond donors (Lipinski definition) is 8. The van der Waals surface area contributed by atoms with Crippen LogP contribution in [0.25, 0.3) is 0 Å². The van der Waals surface area contributed by atoms with Crippen LogP contribution in [0.4, 0.5) is 0 Å². The first-order valence-electron chi connectivity index (χ1n) is 12.0. The average molecular weight is 515 g/mol. The lowest BCUT2D eigenvalue weighted by Crippen LogP contribution is -2.58. The molecule has 0 aromatic heterocycles. The lowest BCUT2D eigenvalue weighted by Gasteiger charge is -2.27. The Labute approximate surface area is 211 Å². The molecule has 0 bridgehead atoms. The van der Waals surface area contributed by atoms with Crippen LogP contribution in [-0.2, 0) is 24.0 Å². The minimum atomic E-state index is -1.10. The number of carboxylic acids is 1. The summed E-state index contributed by atoms with van der Waals surface area (Å²) >= 11 is 0. The van der Waals surface area contributed by atoms with E-state index in [1.807, 2.05) is 0 Å². The Morgan fingerprint density at radius 2 is 1.58 bits per heavy atom. The van der Waals surface area contributed by atoms with Crippen molar-refractivity contribution < 1.29 is 29.1 Å². The number of aldehydes is 1. The molecular formula is C22H42N8O6. The average Bonchev–Trinajstić information content (AvgIpc) is 2.81. The van der Waals surface area contributed by atoms with Gasteiger partial charge in [-0.1, -0.05) is 13.8 Å². The van der Waals surface area contributed by atoms with E-state index in [2.05, 4.69) is 20.9 Å². The fourth-order valence-corrected chi connectivity index (χ4v) is 3.21. The van der Waals surface area contributed by atoms with Gasteiger partial charge in [-0.15, -0.1) is 0 Å². The molecular weight excluding hydrogens is 472 g/mol. The summed E-state index contributed by atoms with van der Waals surface area (Å²) in [5.41, 5.74) is 22.0. The standard InChI is InChI=1S/C22H42N8O6/c1-13(2)18(30-19(34)15(24)6-5-11-27-22(25)26)21(36)29-16(7-3-4-10-23)20(35)28-14(12-31)8-9-17(32)33/h12-16,18H,3-11,23-24H2,1-2H3,(H,28,35)(H,29,36)(H,30,34)(H,32,33)(H4,25,26,27)/t14-,15-,16-,18-/m0/s1. The summed E-state index contributed by atoms with van der Waals surface area (Å²) in [5, 5.41) is 16.5. The maximum atomic E-state index is 13.0. The van der Waals surface area contributed by atoms with Crippen LogP contribution in [0.15, 0.2) is 4.99 Å². The zero-order valence-electron chi connectivity index (χ0n) is 21.1. The smallest absolute Gasteiger partial charge is 0.303 e. The van der Waals surface area contributed by atoms with Crippen molar-refractivity contribution in [1.29, 1.82) is 0 Å². The first-order chi connectivity index (χ1) is 16.9. The fraction of sp³-hybridized carbons (Fsp3) is 0.727. The van der Waals surface area contributed by atoms with E-state index in [0.717, 1.165) is 0 Å². The number of rotatable bonds is 19. The van der Waals surface area contributed by atoms with Crippen molar-refractivity contribution >= 4 is 35.9 Å². The van der Waals surface area contributed by atoms with E-state index in [4.69, 9.17) is 28.0 Å². The third-order valence-corrected chi connectivity index (χ3v) is 5.29. The largest absolute Gasteiger partial charge is 0.481 e. The topological polar surface area (TPSA) is 258 Å². The molecule has 0 spiro atoms. The van der Waals surface area contributed by atoms with Crippen LogP contribution in [0, 0.1) is 5.92 Å². The van der Waals surface area contributed by atoms with Crippen molar-refractivity contribution in [1.82, 2.24) is 16.0 Å². The third-order valence-electron chi connectivity index (χ3n) is 5.29. The molecule has 0 rings (SSSR count). The van der Waals surface area contributed by atoms with E-state index in [1.165, 1.54) is 0 Å². The van der Waals surface area contributed by atoms with Gasteiger partial charge in [0, 0.05) is 13.0 Å². The van der Waals surface area contributed by atoms with Crippen LogP contribution in [0.2, 0.25) is 0 Å². The third kappa shape index (κ3) is 14.2. The summed E-state index contributed by atoms with van der Waals surface area (Å²) in [4.78, 5) is 64.3. The van der Waals surface area contributed by atoms with Crippen molar-refractivity contribution in [2.45, 2.75) is 83.0 Å². The highest BCUT2D eigenvalue weighted by atomic mass is 16.4. The van der Waals surface area contributed by atoms with Gasteiger partial charge < -0.3 is 48.8 Å². The van der Waals surface area contributed by atoms with Crippen molar-refractivity contribution in [3.63, 3.8) is 0 Å². The second-order valence-corrected chi connectivity index (χ2v) is 8.81. The van der Waals surface area contributed by atoms with Crippen molar-refractivity contribution in [2.75, 3.05) is 13.1 Å². The summed E-state index contributed by atoms with van der Waals surface area (Å²) in [6, 6.07) is -3.89. The quantitative estimate of drug-likeness (QED) is 0.0394.